The molecule has 0 saturated heterocycles. The molecule has 0 aliphatic rings. The highest BCUT2D eigenvalue weighted by Crippen LogP contribution is 2.21. The van der Waals surface area contributed by atoms with E-state index in [1.165, 1.54) is 0 Å². The SMILES string of the molecule is Oc1ccc(Cc2nc(-c3cccc(O)c3)no2)cc1. The van der Waals surface area contributed by atoms with Crippen LogP contribution >= 0.6 is 0 Å². The number of benzene rings is 2. The maximum atomic E-state index is 9.43. The predicted octanol–water partition coefficient (Wildman–Crippen LogP) is 2.74. The maximum absolute atomic E-state index is 9.43. The highest BCUT2D eigenvalue weighted by Gasteiger charge is 2.09. The summed E-state index contributed by atoms with van der Waals surface area (Å²) in [6.07, 6.45) is 0.492. The molecule has 3 aromatic rings. The van der Waals surface area contributed by atoms with E-state index in [1.54, 1.807) is 48.5 Å². The number of nitrogens with zero attached hydrogens (tertiary/aromatic N) is 2. The number of hydrogen-bond acceptors (Lipinski definition) is 5. The fourth-order valence-electron chi connectivity index (χ4n) is 1.88. The summed E-state index contributed by atoms with van der Waals surface area (Å²) in [6.45, 7) is 0. The number of aromatic nitrogens is 2. The van der Waals surface area contributed by atoms with Crippen LogP contribution in [0.5, 0.6) is 11.5 Å². The smallest absolute Gasteiger partial charge is 0.231 e. The van der Waals surface area contributed by atoms with Crippen LogP contribution < -0.4 is 0 Å². The van der Waals surface area contributed by atoms with Crippen LogP contribution in [0.4, 0.5) is 0 Å². The Morgan fingerprint density at radius 3 is 2.50 bits per heavy atom. The molecule has 0 bridgehead atoms. The van der Waals surface area contributed by atoms with E-state index in [0.717, 1.165) is 5.56 Å². The first kappa shape index (κ1) is 12.2. The highest BCUT2D eigenvalue weighted by atomic mass is 16.5. The molecule has 0 fully saturated rings. The normalized spacial score (nSPS) is 10.6. The molecule has 0 amide bonds. The van der Waals surface area contributed by atoms with Gasteiger partial charge in [-0.05, 0) is 29.8 Å². The van der Waals surface area contributed by atoms with Crippen LogP contribution in [0.3, 0.4) is 0 Å². The first-order chi connectivity index (χ1) is 9.70. The summed E-state index contributed by atoms with van der Waals surface area (Å²) in [5.41, 5.74) is 1.67. The molecule has 5 nitrogen and oxygen atoms in total. The molecule has 5 heteroatoms. The first-order valence-electron chi connectivity index (χ1n) is 6.10. The molecule has 3 rings (SSSR count). The van der Waals surface area contributed by atoms with Gasteiger partial charge in [0.25, 0.3) is 0 Å². The molecule has 2 N–H and O–H groups in total. The van der Waals surface area contributed by atoms with E-state index < -0.39 is 0 Å². The average molecular weight is 268 g/mol. The Hall–Kier alpha value is -2.82. The lowest BCUT2D eigenvalue weighted by molar-refractivity contribution is 0.385. The molecular formula is C15H12N2O3. The molecule has 20 heavy (non-hydrogen) atoms. The molecule has 2 aromatic carbocycles. The van der Waals surface area contributed by atoms with Gasteiger partial charge in [0, 0.05) is 5.56 Å². The summed E-state index contributed by atoms with van der Waals surface area (Å²) in [5, 5.41) is 22.6. The lowest BCUT2D eigenvalue weighted by Crippen LogP contribution is -1.88. The third-order valence-corrected chi connectivity index (χ3v) is 2.86. The summed E-state index contributed by atoms with van der Waals surface area (Å²) >= 11 is 0. The van der Waals surface area contributed by atoms with Crippen molar-refractivity contribution in [2.45, 2.75) is 6.42 Å². The van der Waals surface area contributed by atoms with Crippen molar-refractivity contribution in [3.63, 3.8) is 0 Å². The lowest BCUT2D eigenvalue weighted by atomic mass is 10.1. The average Bonchev–Trinajstić information content (AvgIpc) is 2.90. The Morgan fingerprint density at radius 1 is 0.950 bits per heavy atom. The molecule has 100 valence electrons. The molecular weight excluding hydrogens is 256 g/mol. The number of phenols is 2. The zero-order valence-corrected chi connectivity index (χ0v) is 10.5. The van der Waals surface area contributed by atoms with Crippen molar-refractivity contribution in [1.29, 1.82) is 0 Å². The minimum absolute atomic E-state index is 0.160. The van der Waals surface area contributed by atoms with Gasteiger partial charge in [0.15, 0.2) is 0 Å². The van der Waals surface area contributed by atoms with Gasteiger partial charge < -0.3 is 14.7 Å². The van der Waals surface area contributed by atoms with Crippen LogP contribution in [-0.2, 0) is 6.42 Å². The molecule has 0 unspecified atom stereocenters. The number of phenolic OH excluding ortho intramolecular Hbond substituents is 2. The largest absolute Gasteiger partial charge is 0.508 e. The summed E-state index contributed by atoms with van der Waals surface area (Å²) in [6, 6.07) is 13.5. The molecule has 0 aliphatic heterocycles. The van der Waals surface area contributed by atoms with Gasteiger partial charge >= 0.3 is 0 Å². The van der Waals surface area contributed by atoms with Gasteiger partial charge in [-0.15, -0.1) is 0 Å². The van der Waals surface area contributed by atoms with Crippen LogP contribution in [0.25, 0.3) is 11.4 Å². The van der Waals surface area contributed by atoms with Crippen LogP contribution in [-0.4, -0.2) is 20.4 Å². The number of aromatic hydroxyl groups is 2. The van der Waals surface area contributed by atoms with Crippen LogP contribution in [0.1, 0.15) is 11.5 Å². The summed E-state index contributed by atoms with van der Waals surface area (Å²) in [7, 11) is 0. The van der Waals surface area contributed by atoms with Gasteiger partial charge in [0.05, 0.1) is 6.42 Å². The van der Waals surface area contributed by atoms with Gasteiger partial charge in [0.1, 0.15) is 11.5 Å². The summed E-state index contributed by atoms with van der Waals surface area (Å²) < 4.78 is 5.19. The molecule has 0 saturated carbocycles. The van der Waals surface area contributed by atoms with E-state index in [-0.39, 0.29) is 11.5 Å². The van der Waals surface area contributed by atoms with Crippen molar-refractivity contribution in [1.82, 2.24) is 10.1 Å². The molecule has 0 aliphatic carbocycles. The zero-order chi connectivity index (χ0) is 13.9. The second kappa shape index (κ2) is 5.05. The maximum Gasteiger partial charge on any atom is 0.231 e. The van der Waals surface area contributed by atoms with Gasteiger partial charge in [-0.25, -0.2) is 0 Å². The quantitative estimate of drug-likeness (QED) is 0.763. The number of hydrogen-bond donors (Lipinski definition) is 2. The Kier molecular flexibility index (Phi) is 3.09. The van der Waals surface area contributed by atoms with Crippen molar-refractivity contribution >= 4 is 0 Å². The Balaban J connectivity index is 1.82. The van der Waals surface area contributed by atoms with E-state index in [1.807, 2.05) is 0 Å². The molecule has 0 atom stereocenters. The lowest BCUT2D eigenvalue weighted by Gasteiger charge is -1.96. The fourth-order valence-corrected chi connectivity index (χ4v) is 1.88. The fraction of sp³-hybridized carbons (Fsp3) is 0.0667. The van der Waals surface area contributed by atoms with Gasteiger partial charge in [-0.1, -0.05) is 29.4 Å². The third-order valence-electron chi connectivity index (χ3n) is 2.86. The van der Waals surface area contributed by atoms with Crippen molar-refractivity contribution < 1.29 is 14.7 Å². The zero-order valence-electron chi connectivity index (χ0n) is 10.5. The third kappa shape index (κ3) is 2.61. The Morgan fingerprint density at radius 2 is 1.75 bits per heavy atom. The van der Waals surface area contributed by atoms with Crippen LogP contribution in [0, 0.1) is 0 Å². The second-order valence-corrected chi connectivity index (χ2v) is 4.41. The first-order valence-corrected chi connectivity index (χ1v) is 6.10. The second-order valence-electron chi connectivity index (χ2n) is 4.41. The standard InChI is InChI=1S/C15H12N2O3/c18-12-6-4-10(5-7-12)8-14-16-15(17-20-14)11-2-1-3-13(19)9-11/h1-7,9,18-19H,8H2. The van der Waals surface area contributed by atoms with Crippen molar-refractivity contribution in [2.24, 2.45) is 0 Å². The van der Waals surface area contributed by atoms with Crippen LogP contribution in [0.2, 0.25) is 0 Å². The molecule has 1 aromatic heterocycles. The minimum Gasteiger partial charge on any atom is -0.508 e. The van der Waals surface area contributed by atoms with Crippen molar-refractivity contribution in [3.8, 4) is 22.9 Å². The topological polar surface area (TPSA) is 79.4 Å². The minimum atomic E-state index is 0.160. The monoisotopic (exact) mass is 268 g/mol. The summed E-state index contributed by atoms with van der Waals surface area (Å²) in [4.78, 5) is 4.29. The molecule has 1 heterocycles. The molecule has 0 radical (unpaired) electrons. The van der Waals surface area contributed by atoms with Gasteiger partial charge in [0.2, 0.25) is 11.7 Å². The van der Waals surface area contributed by atoms with Gasteiger partial charge in [-0.2, -0.15) is 4.98 Å². The Labute approximate surface area is 115 Å². The van der Waals surface area contributed by atoms with E-state index in [2.05, 4.69) is 10.1 Å². The van der Waals surface area contributed by atoms with Crippen molar-refractivity contribution in [2.75, 3.05) is 0 Å². The van der Waals surface area contributed by atoms with E-state index in [0.29, 0.717) is 23.7 Å². The Bertz CT molecular complexity index is 720. The highest BCUT2D eigenvalue weighted by molar-refractivity contribution is 5.56. The van der Waals surface area contributed by atoms with Crippen molar-refractivity contribution in [3.05, 3.63) is 60.0 Å². The van der Waals surface area contributed by atoms with Gasteiger partial charge in [-0.3, -0.25) is 0 Å². The van der Waals surface area contributed by atoms with E-state index >= 15 is 0 Å². The van der Waals surface area contributed by atoms with Crippen LogP contribution in [0.15, 0.2) is 53.1 Å². The predicted molar refractivity (Wildman–Crippen MR) is 72.3 cm³/mol. The molecule has 0 spiro atoms. The summed E-state index contributed by atoms with van der Waals surface area (Å²) in [5.74, 6) is 1.30. The van der Waals surface area contributed by atoms with E-state index in [4.69, 9.17) is 4.52 Å². The number of rotatable bonds is 3. The van der Waals surface area contributed by atoms with E-state index in [9.17, 15) is 10.2 Å².